The van der Waals surface area contributed by atoms with E-state index in [1.165, 1.54) is 6.92 Å². The van der Waals surface area contributed by atoms with E-state index >= 15 is 0 Å². The molecule has 0 aromatic heterocycles. The number of ether oxygens (including phenoxy) is 1. The first-order valence-corrected chi connectivity index (χ1v) is 9.40. The Balaban J connectivity index is 4.66. The van der Waals surface area contributed by atoms with Gasteiger partial charge in [0.05, 0.1) is 5.75 Å². The minimum absolute atomic E-state index is 0.0915. The first-order chi connectivity index (χ1) is 10.6. The molecule has 1 atom stereocenters. The third-order valence-corrected chi connectivity index (χ3v) is 3.79. The van der Waals surface area contributed by atoms with Crippen LogP contribution in [-0.2, 0) is 19.6 Å². The van der Waals surface area contributed by atoms with E-state index in [0.29, 0.717) is 13.0 Å². The van der Waals surface area contributed by atoms with Crippen molar-refractivity contribution in [2.24, 2.45) is 5.41 Å². The Morgan fingerprint density at radius 1 is 1.17 bits per heavy atom. The average molecular weight is 366 g/mol. The number of amides is 2. The predicted octanol–water partition coefficient (Wildman–Crippen LogP) is 1.71. The molecule has 0 saturated heterocycles. The highest BCUT2D eigenvalue weighted by atomic mass is 32.2. The summed E-state index contributed by atoms with van der Waals surface area (Å²) in [5.74, 6) is -0.723. The maximum atomic E-state index is 11.7. The first kappa shape index (κ1) is 22.6. The lowest BCUT2D eigenvalue weighted by Gasteiger charge is -2.30. The van der Waals surface area contributed by atoms with Gasteiger partial charge in [0.15, 0.2) is 0 Å². The van der Waals surface area contributed by atoms with E-state index in [2.05, 4.69) is 10.6 Å². The molecule has 8 nitrogen and oxygen atoms in total. The molecule has 0 aliphatic heterocycles. The van der Waals surface area contributed by atoms with Gasteiger partial charge in [0.2, 0.25) is 5.91 Å². The lowest BCUT2D eigenvalue weighted by atomic mass is 9.84. The van der Waals surface area contributed by atoms with Crippen molar-refractivity contribution in [3.05, 3.63) is 0 Å². The summed E-state index contributed by atoms with van der Waals surface area (Å²) in [6.45, 7) is 10.7. The van der Waals surface area contributed by atoms with E-state index < -0.39 is 39.0 Å². The number of carbonyl (C=O) groups excluding carboxylic acids is 2. The first-order valence-electron chi connectivity index (χ1n) is 7.79. The summed E-state index contributed by atoms with van der Waals surface area (Å²) in [6, 6.07) is -0.431. The van der Waals surface area contributed by atoms with Gasteiger partial charge < -0.3 is 15.4 Å². The Bertz CT molecular complexity index is 537. The zero-order valence-electron chi connectivity index (χ0n) is 15.3. The van der Waals surface area contributed by atoms with Gasteiger partial charge in [-0.1, -0.05) is 13.8 Å². The summed E-state index contributed by atoms with van der Waals surface area (Å²) in [5.41, 5.74) is -1.01. The maximum absolute atomic E-state index is 11.7. The van der Waals surface area contributed by atoms with E-state index in [4.69, 9.17) is 9.29 Å². The van der Waals surface area contributed by atoms with Crippen molar-refractivity contribution in [1.82, 2.24) is 10.6 Å². The Morgan fingerprint density at radius 3 is 2.12 bits per heavy atom. The van der Waals surface area contributed by atoms with Crippen LogP contribution in [0.2, 0.25) is 0 Å². The molecule has 0 bridgehead atoms. The van der Waals surface area contributed by atoms with Crippen molar-refractivity contribution in [3.8, 4) is 0 Å². The fourth-order valence-corrected chi connectivity index (χ4v) is 2.75. The summed E-state index contributed by atoms with van der Waals surface area (Å²) in [5, 5.41) is 5.35. The Hall–Kier alpha value is -1.35. The van der Waals surface area contributed by atoms with Gasteiger partial charge in [-0.3, -0.25) is 9.35 Å². The van der Waals surface area contributed by atoms with Crippen LogP contribution in [0.4, 0.5) is 4.79 Å². The molecule has 0 aliphatic carbocycles. The fraction of sp³-hybridized carbons (Fsp3) is 0.867. The number of alkyl carbamates (subject to hydrolysis) is 1. The van der Waals surface area contributed by atoms with Crippen molar-refractivity contribution in [2.45, 2.75) is 66.0 Å². The van der Waals surface area contributed by atoms with E-state index in [1.54, 1.807) is 20.8 Å². The zero-order chi connectivity index (χ0) is 19.2. The van der Waals surface area contributed by atoms with Crippen LogP contribution in [0.3, 0.4) is 0 Å². The van der Waals surface area contributed by atoms with Crippen LogP contribution in [0, 0.1) is 5.41 Å². The van der Waals surface area contributed by atoms with Crippen molar-refractivity contribution in [1.29, 1.82) is 0 Å². The van der Waals surface area contributed by atoms with Gasteiger partial charge in [0, 0.05) is 19.5 Å². The van der Waals surface area contributed by atoms with Gasteiger partial charge >= 0.3 is 6.09 Å². The molecule has 24 heavy (non-hydrogen) atoms. The van der Waals surface area contributed by atoms with Gasteiger partial charge in [0.25, 0.3) is 10.1 Å². The standard InChI is InChI=1S/C15H30N2O6S/c1-11(18)17-12(7-8-24(20,21)22)9-15(5,6)10-16-13(19)23-14(2,3)4/h12H,7-10H2,1-6H3,(H,16,19)(H,17,18)(H,20,21,22). The second-order valence-electron chi connectivity index (χ2n) is 7.70. The highest BCUT2D eigenvalue weighted by molar-refractivity contribution is 7.85. The molecule has 0 fully saturated rings. The average Bonchev–Trinajstić information content (AvgIpc) is 2.30. The zero-order valence-corrected chi connectivity index (χ0v) is 16.1. The third-order valence-electron chi connectivity index (χ3n) is 3.04. The van der Waals surface area contributed by atoms with Crippen LogP contribution in [-0.4, -0.2) is 48.9 Å². The topological polar surface area (TPSA) is 122 Å². The molecule has 0 aliphatic rings. The SMILES string of the molecule is CC(=O)NC(CCS(=O)(=O)O)CC(C)(C)CNC(=O)OC(C)(C)C. The molecule has 0 aromatic carbocycles. The molecule has 0 aromatic rings. The minimum atomic E-state index is -4.10. The normalized spacial score (nSPS) is 14.0. The molecular weight excluding hydrogens is 336 g/mol. The van der Waals surface area contributed by atoms with Crippen LogP contribution in [0.15, 0.2) is 0 Å². The van der Waals surface area contributed by atoms with Gasteiger partial charge in [-0.25, -0.2) is 4.79 Å². The molecule has 0 saturated carbocycles. The van der Waals surface area contributed by atoms with Crippen LogP contribution in [0.5, 0.6) is 0 Å². The molecule has 3 N–H and O–H groups in total. The van der Waals surface area contributed by atoms with Crippen molar-refractivity contribution < 1.29 is 27.3 Å². The maximum Gasteiger partial charge on any atom is 0.407 e. The monoisotopic (exact) mass is 366 g/mol. The van der Waals surface area contributed by atoms with Crippen LogP contribution < -0.4 is 10.6 Å². The van der Waals surface area contributed by atoms with E-state index in [9.17, 15) is 18.0 Å². The lowest BCUT2D eigenvalue weighted by Crippen LogP contribution is -2.43. The highest BCUT2D eigenvalue weighted by Gasteiger charge is 2.26. The lowest BCUT2D eigenvalue weighted by molar-refractivity contribution is -0.119. The number of hydrogen-bond acceptors (Lipinski definition) is 5. The third kappa shape index (κ3) is 13.1. The van der Waals surface area contributed by atoms with Crippen molar-refractivity contribution in [3.63, 3.8) is 0 Å². The Labute approximate surface area is 144 Å². The molecule has 0 rings (SSSR count). The Morgan fingerprint density at radius 2 is 1.71 bits per heavy atom. The van der Waals surface area contributed by atoms with Gasteiger partial charge in [-0.2, -0.15) is 8.42 Å². The fourth-order valence-electron chi connectivity index (χ4n) is 2.17. The molecule has 9 heteroatoms. The smallest absolute Gasteiger partial charge is 0.407 e. The number of rotatable bonds is 8. The number of hydrogen-bond donors (Lipinski definition) is 3. The van der Waals surface area contributed by atoms with E-state index in [1.807, 2.05) is 13.8 Å². The second-order valence-corrected chi connectivity index (χ2v) is 9.27. The number of carbonyl (C=O) groups is 2. The van der Waals surface area contributed by atoms with E-state index in [-0.39, 0.29) is 12.3 Å². The molecule has 142 valence electrons. The molecule has 0 spiro atoms. The van der Waals surface area contributed by atoms with Gasteiger partial charge in [-0.15, -0.1) is 0 Å². The van der Waals surface area contributed by atoms with E-state index in [0.717, 1.165) is 0 Å². The van der Waals surface area contributed by atoms with Gasteiger partial charge in [-0.05, 0) is 39.0 Å². The van der Waals surface area contributed by atoms with Crippen molar-refractivity contribution >= 4 is 22.1 Å². The summed E-state index contributed by atoms with van der Waals surface area (Å²) in [6.07, 6.45) is -0.0174. The van der Waals surface area contributed by atoms with Crippen LogP contribution in [0.25, 0.3) is 0 Å². The van der Waals surface area contributed by atoms with Crippen LogP contribution in [0.1, 0.15) is 54.4 Å². The largest absolute Gasteiger partial charge is 0.444 e. The summed E-state index contributed by atoms with van der Waals surface area (Å²) in [7, 11) is -4.10. The summed E-state index contributed by atoms with van der Waals surface area (Å²) in [4.78, 5) is 23.0. The number of nitrogens with one attached hydrogen (secondary N) is 2. The quantitative estimate of drug-likeness (QED) is 0.562. The summed E-state index contributed by atoms with van der Waals surface area (Å²) < 4.78 is 35.8. The molecule has 2 amide bonds. The highest BCUT2D eigenvalue weighted by Crippen LogP contribution is 2.23. The minimum Gasteiger partial charge on any atom is -0.444 e. The molecular formula is C15H30N2O6S. The Kier molecular flexibility index (Phi) is 8.17. The predicted molar refractivity (Wildman–Crippen MR) is 91.3 cm³/mol. The van der Waals surface area contributed by atoms with Gasteiger partial charge in [0.1, 0.15) is 5.60 Å². The second kappa shape index (κ2) is 8.66. The molecule has 0 heterocycles. The summed E-state index contributed by atoms with van der Waals surface area (Å²) >= 11 is 0. The molecule has 0 radical (unpaired) electrons. The van der Waals surface area contributed by atoms with Crippen LogP contribution >= 0.6 is 0 Å². The van der Waals surface area contributed by atoms with Crippen molar-refractivity contribution in [2.75, 3.05) is 12.3 Å². The molecule has 1 unspecified atom stereocenters.